The van der Waals surface area contributed by atoms with Gasteiger partial charge < -0.3 is 29.7 Å². The molecule has 5 N–H and O–H groups in total. The maximum absolute atomic E-state index is 12.6. The van der Waals surface area contributed by atoms with Crippen LogP contribution in [0.15, 0.2) is 202 Å². The molecule has 1 aliphatic heterocycles. The van der Waals surface area contributed by atoms with Gasteiger partial charge in [0.2, 0.25) is 0 Å². The highest BCUT2D eigenvalue weighted by atomic mass is 79.9. The number of carbonyl (C=O) groups is 2. The SMILES string of the molecule is CC(C)(C)OC(=O)n1ncc2cc(B3OC(C)(C)C(C)(C)O3)ccc21.CCCc1cc(/C(N)=N/O)c(-c2sccc2C)c(-c2ccc3[nH]ncc3c2)c1.CCCc1cc(Br)c(-c2sccc2C)c(C#N)c1.CCCc1cc(C#N)c(-c2sccc2C)c(-c2ccc3[nH]ncc3c2)c1.CCCc1cc(C#N)c(-c2sccc2C)c(-c2ccc3c(cnn3C(=O)OC(C)(C)C)c2)c1. The number of carbonyl (C=O) groups excluding carboxylic acids is 2. The highest BCUT2D eigenvalue weighted by molar-refractivity contribution is 9.10. The van der Waals surface area contributed by atoms with Gasteiger partial charge in [0.15, 0.2) is 5.84 Å². The van der Waals surface area contributed by atoms with Crippen LogP contribution in [0.3, 0.4) is 0 Å². The first kappa shape index (κ1) is 95.2. The van der Waals surface area contributed by atoms with Gasteiger partial charge >= 0.3 is 19.3 Å². The lowest BCUT2D eigenvalue weighted by atomic mass is 9.79. The number of rotatable bonds is 17. The minimum absolute atomic E-state index is 0.131. The lowest BCUT2D eigenvalue weighted by Crippen LogP contribution is -2.41. The second kappa shape index (κ2) is 40.7. The van der Waals surface area contributed by atoms with Gasteiger partial charge in [-0.05, 0) is 325 Å². The van der Waals surface area contributed by atoms with E-state index in [9.17, 15) is 30.6 Å². The Morgan fingerprint density at radius 1 is 0.485 bits per heavy atom. The summed E-state index contributed by atoms with van der Waals surface area (Å²) in [6.07, 6.45) is 14.0. The molecule has 1 saturated heterocycles. The number of fused-ring (bicyclic) bond motifs is 4. The number of oxime groups is 1. The molecule has 16 aromatic rings. The van der Waals surface area contributed by atoms with Crippen molar-refractivity contribution in [2.75, 3.05) is 0 Å². The van der Waals surface area contributed by atoms with E-state index in [1.165, 1.54) is 52.5 Å². The summed E-state index contributed by atoms with van der Waals surface area (Å²) < 4.78 is 26.6. The van der Waals surface area contributed by atoms with Crippen molar-refractivity contribution in [1.29, 1.82) is 15.8 Å². The third kappa shape index (κ3) is 21.4. The summed E-state index contributed by atoms with van der Waals surface area (Å²) in [7, 11) is -0.445. The van der Waals surface area contributed by atoms with E-state index < -0.39 is 41.7 Å². The van der Waals surface area contributed by atoms with Crippen molar-refractivity contribution in [1.82, 2.24) is 40.0 Å². The first-order chi connectivity index (χ1) is 62.1. The topological polar surface area (TPSA) is 294 Å². The van der Waals surface area contributed by atoms with Gasteiger partial charge in [-0.1, -0.05) is 123 Å². The zero-order valence-electron chi connectivity index (χ0n) is 76.7. The molecule has 130 heavy (non-hydrogen) atoms. The second-order valence-electron chi connectivity index (χ2n) is 35.3. The molecule has 1 aliphatic rings. The standard InChI is InChI=1S/C27H27N3O2S.C22H22N4OS.C22H19N3S.C18H25BN2O4.C15H14BrNS/c1-6-7-18-12-20(15-28)24(25-17(2)10-11-33-25)22(13-18)19-8-9-23-21(14-19)16-29-30(23)26(31)32-27(3,4)5;1-3-4-14-9-17(15-5-6-19-16(11-15)12-24-25-19)20(18(10-14)22(23)26-27)21-13(2)7-8-28-21;1-3-4-15-9-17(12-23)21(22-14(2)7-8-26-22)19(10-15)16-5-6-20-18(11-16)13-24-25-20;1-16(2,3)23-15(22)21-14-9-8-13(10-12(14)11-20-21)19-24-17(4,5)18(6,7)25-19;1-3-4-11-7-12(9-17)14(13(16)8-11)15-10(2)5-6-18-15/h8-14,16H,6-7H2,1-5H3;5-12,27H,3-4H2,1-2H3,(H2,23,26)(H,24,25);5-11,13H,3-4H2,1-2H3,(H,24,25);8-11H,1-7H3;5-8H,3-4H2,1-2H3. The number of halogens is 1. The predicted octanol–water partition coefficient (Wildman–Crippen LogP) is 27.2. The number of nitrogens with zero attached hydrogens (tertiary/aromatic N) is 10. The van der Waals surface area contributed by atoms with Crippen LogP contribution in [0.2, 0.25) is 0 Å². The van der Waals surface area contributed by atoms with E-state index in [-0.39, 0.29) is 5.84 Å². The number of nitrogens with two attached hydrogens (primary N) is 1. The number of ether oxygens (including phenoxy) is 2. The van der Waals surface area contributed by atoms with E-state index >= 15 is 0 Å². The first-order valence-electron chi connectivity index (χ1n) is 43.5. The summed E-state index contributed by atoms with van der Waals surface area (Å²) >= 11 is 10.3. The van der Waals surface area contributed by atoms with Crippen molar-refractivity contribution in [2.45, 2.75) is 198 Å². The van der Waals surface area contributed by atoms with E-state index in [4.69, 9.17) is 24.5 Å². The van der Waals surface area contributed by atoms with Gasteiger partial charge in [-0.25, -0.2) is 9.59 Å². The van der Waals surface area contributed by atoms with Crippen molar-refractivity contribution >= 4 is 135 Å². The number of thiophene rings is 4. The Hall–Kier alpha value is -12.4. The Labute approximate surface area is 784 Å². The third-order valence-corrected chi connectivity index (χ3v) is 27.4. The number of nitrogens with one attached hydrogen (secondary N) is 2. The van der Waals surface area contributed by atoms with E-state index in [0.29, 0.717) is 16.6 Å². The molecule has 0 radical (unpaired) electrons. The molecule has 9 heterocycles. The fourth-order valence-corrected chi connectivity index (χ4v) is 20.5. The van der Waals surface area contributed by atoms with Crippen LogP contribution in [0.4, 0.5) is 9.59 Å². The molecule has 0 aliphatic carbocycles. The molecule has 20 nitrogen and oxygen atoms in total. The van der Waals surface area contributed by atoms with Crippen molar-refractivity contribution in [3.63, 3.8) is 0 Å². The first-order valence-corrected chi connectivity index (χ1v) is 47.8. The number of aromatic amines is 2. The molecule has 0 unspecified atom stereocenters. The summed E-state index contributed by atoms with van der Waals surface area (Å²) in [5.41, 5.74) is 31.4. The van der Waals surface area contributed by atoms with E-state index in [0.717, 1.165) is 187 Å². The number of nitriles is 3. The smallest absolute Gasteiger partial charge is 0.442 e. The molecule has 0 atom stereocenters. The molecular formula is C104H107BBrN13O7S4. The summed E-state index contributed by atoms with van der Waals surface area (Å²) in [4.78, 5) is 29.4. The van der Waals surface area contributed by atoms with Gasteiger partial charge in [0.25, 0.3) is 0 Å². The number of hydrogen-bond acceptors (Lipinski definition) is 19. The zero-order valence-corrected chi connectivity index (χ0v) is 81.5. The second-order valence-corrected chi connectivity index (χ2v) is 39.9. The number of benzene rings is 8. The summed E-state index contributed by atoms with van der Waals surface area (Å²) in [5.74, 6) is 0.131. The van der Waals surface area contributed by atoms with Crippen LogP contribution in [0, 0.1) is 61.7 Å². The molecule has 0 bridgehead atoms. The lowest BCUT2D eigenvalue weighted by molar-refractivity contribution is 0.00578. The van der Waals surface area contributed by atoms with E-state index in [2.05, 4.69) is 232 Å². The minimum Gasteiger partial charge on any atom is -0.442 e. The largest absolute Gasteiger partial charge is 0.494 e. The van der Waals surface area contributed by atoms with Gasteiger partial charge in [0.1, 0.15) is 11.2 Å². The van der Waals surface area contributed by atoms with Crippen molar-refractivity contribution in [3.8, 4) is 93.4 Å². The third-order valence-electron chi connectivity index (χ3n) is 22.6. The van der Waals surface area contributed by atoms with Crippen LogP contribution < -0.4 is 11.2 Å². The fraction of sp³-hybridized carbons (Fsp3) is 0.288. The Balaban J connectivity index is 0.000000140. The molecule has 664 valence electrons. The van der Waals surface area contributed by atoms with E-state index in [1.807, 2.05) is 142 Å². The molecular weight excluding hydrogens is 1760 g/mol. The summed E-state index contributed by atoms with van der Waals surface area (Å²) in [5, 5.41) is 76.7. The van der Waals surface area contributed by atoms with Gasteiger partial charge in [-0.2, -0.15) is 45.5 Å². The molecule has 26 heteroatoms. The summed E-state index contributed by atoms with van der Waals surface area (Å²) in [6, 6.07) is 56.7. The number of H-pyrrole nitrogens is 2. The van der Waals surface area contributed by atoms with Crippen LogP contribution in [-0.4, -0.2) is 92.7 Å². The lowest BCUT2D eigenvalue weighted by Gasteiger charge is -2.32. The highest BCUT2D eigenvalue weighted by Gasteiger charge is 2.52. The van der Waals surface area contributed by atoms with Crippen LogP contribution in [-0.2, 0) is 44.5 Å². The minimum atomic E-state index is -0.601. The average molecular weight is 1870 g/mol. The Bertz CT molecular complexity index is 7000. The molecule has 1 fully saturated rings. The van der Waals surface area contributed by atoms with E-state index in [1.54, 1.807) is 57.7 Å². The number of aryl methyl sites for hydroxylation is 8. The Morgan fingerprint density at radius 2 is 0.838 bits per heavy atom. The fourth-order valence-electron chi connectivity index (χ4n) is 15.7. The van der Waals surface area contributed by atoms with Crippen molar-refractivity contribution < 1.29 is 33.6 Å². The monoisotopic (exact) mass is 1870 g/mol. The van der Waals surface area contributed by atoms with Crippen LogP contribution >= 0.6 is 61.3 Å². The highest BCUT2D eigenvalue weighted by Crippen LogP contribution is 2.47. The maximum Gasteiger partial charge on any atom is 0.494 e. The molecule has 8 aromatic heterocycles. The number of aromatic nitrogens is 8. The average Bonchev–Trinajstić information content (AvgIpc) is 1.35. The molecule has 17 rings (SSSR count). The summed E-state index contributed by atoms with van der Waals surface area (Å²) in [6.45, 7) is 36.0. The van der Waals surface area contributed by atoms with Crippen LogP contribution in [0.1, 0.15) is 189 Å². The van der Waals surface area contributed by atoms with Gasteiger partial charge in [-0.3, -0.25) is 10.2 Å². The molecule has 8 aromatic carbocycles. The van der Waals surface area contributed by atoms with Crippen LogP contribution in [0.25, 0.3) is 119 Å². The quantitative estimate of drug-likeness (QED) is 0.0217. The normalized spacial score (nSPS) is 12.9. The number of hydrogen-bond donors (Lipinski definition) is 4. The van der Waals surface area contributed by atoms with Crippen molar-refractivity contribution in [2.24, 2.45) is 10.9 Å². The molecule has 0 saturated carbocycles. The van der Waals surface area contributed by atoms with Gasteiger partial charge in [-0.15, -0.1) is 45.3 Å². The van der Waals surface area contributed by atoms with Crippen LogP contribution in [0.5, 0.6) is 0 Å². The molecule has 0 spiro atoms. The molecule has 0 amide bonds. The predicted molar refractivity (Wildman–Crippen MR) is 536 cm³/mol. The van der Waals surface area contributed by atoms with Gasteiger partial charge in [0.05, 0.1) is 93.0 Å². The Morgan fingerprint density at radius 3 is 1.22 bits per heavy atom. The van der Waals surface area contributed by atoms with Crippen molar-refractivity contribution in [3.05, 3.63) is 263 Å². The zero-order chi connectivity index (χ0) is 93.3. The Kier molecular flexibility index (Phi) is 29.8. The van der Waals surface area contributed by atoms with Gasteiger partial charge in [0, 0.05) is 73.3 Å². The number of amidine groups is 1. The maximum atomic E-state index is 12.6.